The normalized spacial score (nSPS) is 10.3. The summed E-state index contributed by atoms with van der Waals surface area (Å²) in [5.41, 5.74) is 0.327. The maximum absolute atomic E-state index is 12.4. The fourth-order valence-corrected chi connectivity index (χ4v) is 1.30. The number of nitrogens with zero attached hydrogens (tertiary/aromatic N) is 2. The van der Waals surface area contributed by atoms with Gasteiger partial charge in [0.1, 0.15) is 5.69 Å². The quantitative estimate of drug-likeness (QED) is 0.762. The monoisotopic (exact) mass is 216 g/mol. The summed E-state index contributed by atoms with van der Waals surface area (Å²) in [7, 11) is 0. The molecule has 0 spiro atoms. The van der Waals surface area contributed by atoms with Gasteiger partial charge in [-0.15, -0.1) is 0 Å². The molecule has 0 radical (unpaired) electrons. The Morgan fingerprint density at radius 1 is 1.64 bits per heavy atom. The topological polar surface area (TPSA) is 36.7 Å². The lowest BCUT2D eigenvalue weighted by atomic mass is 10.1. The summed E-state index contributed by atoms with van der Waals surface area (Å²) >= 11 is 5.80. The van der Waals surface area contributed by atoms with Gasteiger partial charge in [0.25, 0.3) is 6.43 Å². The van der Waals surface area contributed by atoms with Crippen LogP contribution >= 0.6 is 11.6 Å². The van der Waals surface area contributed by atoms with Crippen molar-refractivity contribution in [1.82, 2.24) is 4.98 Å². The lowest BCUT2D eigenvalue weighted by Crippen LogP contribution is -2.00. The van der Waals surface area contributed by atoms with E-state index in [1.54, 1.807) is 13.0 Å². The van der Waals surface area contributed by atoms with Crippen molar-refractivity contribution >= 4 is 11.6 Å². The number of hydrogen-bond donors (Lipinski definition) is 0. The van der Waals surface area contributed by atoms with Gasteiger partial charge in [-0.2, -0.15) is 5.26 Å². The molecule has 14 heavy (non-hydrogen) atoms. The molecule has 1 rings (SSSR count). The number of aromatic nitrogens is 1. The first-order valence-electron chi connectivity index (χ1n) is 3.87. The highest BCUT2D eigenvalue weighted by Crippen LogP contribution is 2.28. The van der Waals surface area contributed by atoms with E-state index in [0.717, 1.165) is 0 Å². The average Bonchev–Trinajstić information content (AvgIpc) is 2.13. The molecule has 0 unspecified atom stereocenters. The minimum Gasteiger partial charge on any atom is -0.255 e. The van der Waals surface area contributed by atoms with Crippen LogP contribution in [0.5, 0.6) is 0 Å². The van der Waals surface area contributed by atoms with Crippen LogP contribution in [0, 0.1) is 18.3 Å². The second-order valence-corrected chi connectivity index (χ2v) is 3.13. The van der Waals surface area contributed by atoms with Gasteiger partial charge in [-0.05, 0) is 12.5 Å². The molecule has 1 aromatic rings. The molecular formula is C9H7ClF2N2. The first kappa shape index (κ1) is 10.9. The molecule has 0 atom stereocenters. The number of aryl methyl sites for hydroxylation is 1. The molecule has 2 nitrogen and oxygen atoms in total. The Morgan fingerprint density at radius 2 is 2.29 bits per heavy atom. The van der Waals surface area contributed by atoms with Gasteiger partial charge in [0.15, 0.2) is 0 Å². The van der Waals surface area contributed by atoms with Crippen LogP contribution < -0.4 is 0 Å². The van der Waals surface area contributed by atoms with E-state index in [2.05, 4.69) is 4.98 Å². The number of rotatable bonds is 2. The van der Waals surface area contributed by atoms with Gasteiger partial charge in [0.2, 0.25) is 0 Å². The highest BCUT2D eigenvalue weighted by Gasteiger charge is 2.18. The van der Waals surface area contributed by atoms with Gasteiger partial charge in [-0.25, -0.2) is 8.78 Å². The molecule has 0 aliphatic rings. The van der Waals surface area contributed by atoms with Gasteiger partial charge in [-0.3, -0.25) is 4.98 Å². The highest BCUT2D eigenvalue weighted by atomic mass is 35.5. The van der Waals surface area contributed by atoms with Crippen LogP contribution in [-0.4, -0.2) is 4.98 Å². The van der Waals surface area contributed by atoms with Crippen LogP contribution in [0.1, 0.15) is 23.2 Å². The first-order chi connectivity index (χ1) is 6.57. The molecule has 74 valence electrons. The van der Waals surface area contributed by atoms with E-state index in [-0.39, 0.29) is 17.0 Å². The van der Waals surface area contributed by atoms with Crippen molar-refractivity contribution < 1.29 is 8.78 Å². The van der Waals surface area contributed by atoms with Crippen molar-refractivity contribution in [3.63, 3.8) is 0 Å². The second-order valence-electron chi connectivity index (χ2n) is 2.75. The van der Waals surface area contributed by atoms with Crippen molar-refractivity contribution in [2.75, 3.05) is 0 Å². The fourth-order valence-electron chi connectivity index (χ4n) is 1.09. The Bertz CT molecular complexity index is 385. The standard InChI is InChI=1S/C9H7ClF2N2/c1-5-4-14-8(9(11)12)6(2-3-13)7(5)10/h4,9H,2H2,1H3. The average molecular weight is 217 g/mol. The van der Waals surface area contributed by atoms with E-state index in [0.29, 0.717) is 5.56 Å². The third-order valence-electron chi connectivity index (χ3n) is 1.78. The minimum atomic E-state index is -2.70. The lowest BCUT2D eigenvalue weighted by Gasteiger charge is -2.08. The second kappa shape index (κ2) is 4.34. The first-order valence-corrected chi connectivity index (χ1v) is 4.24. The highest BCUT2D eigenvalue weighted by molar-refractivity contribution is 6.32. The molecule has 0 amide bonds. The Hall–Kier alpha value is -1.21. The number of pyridine rings is 1. The predicted octanol–water partition coefficient (Wildman–Crippen LogP) is 3.05. The molecule has 1 aromatic heterocycles. The van der Waals surface area contributed by atoms with Crippen molar-refractivity contribution in [2.45, 2.75) is 19.8 Å². The van der Waals surface area contributed by atoms with Gasteiger partial charge >= 0.3 is 0 Å². The Labute approximate surface area is 85.1 Å². The number of alkyl halides is 2. The van der Waals surface area contributed by atoms with Gasteiger partial charge in [-0.1, -0.05) is 11.6 Å². The summed E-state index contributed by atoms with van der Waals surface area (Å²) in [4.78, 5) is 3.57. The van der Waals surface area contributed by atoms with Crippen molar-refractivity contribution in [2.24, 2.45) is 0 Å². The van der Waals surface area contributed by atoms with Crippen LogP contribution in [-0.2, 0) is 6.42 Å². The zero-order valence-electron chi connectivity index (χ0n) is 7.39. The smallest absolute Gasteiger partial charge is 0.255 e. The van der Waals surface area contributed by atoms with Crippen LogP contribution in [0.25, 0.3) is 0 Å². The third kappa shape index (κ3) is 1.99. The molecule has 5 heteroatoms. The largest absolute Gasteiger partial charge is 0.280 e. The maximum atomic E-state index is 12.4. The predicted molar refractivity (Wildman–Crippen MR) is 48.3 cm³/mol. The van der Waals surface area contributed by atoms with E-state index >= 15 is 0 Å². The maximum Gasteiger partial charge on any atom is 0.280 e. The minimum absolute atomic E-state index is 0.129. The van der Waals surface area contributed by atoms with Crippen LogP contribution in [0.3, 0.4) is 0 Å². The molecule has 0 saturated carbocycles. The van der Waals surface area contributed by atoms with Crippen LogP contribution in [0.15, 0.2) is 6.20 Å². The summed E-state index contributed by atoms with van der Waals surface area (Å²) in [5.74, 6) is 0. The van der Waals surface area contributed by atoms with Crippen molar-refractivity contribution in [3.8, 4) is 6.07 Å². The summed E-state index contributed by atoms with van der Waals surface area (Å²) in [6.07, 6.45) is -1.56. The molecule has 0 aliphatic heterocycles. The lowest BCUT2D eigenvalue weighted by molar-refractivity contribution is 0.145. The van der Waals surface area contributed by atoms with Gasteiger partial charge in [0, 0.05) is 11.8 Å². The van der Waals surface area contributed by atoms with Crippen molar-refractivity contribution in [1.29, 1.82) is 5.26 Å². The van der Waals surface area contributed by atoms with Gasteiger partial charge in [0.05, 0.1) is 17.5 Å². The molecule has 0 bridgehead atoms. The zero-order valence-corrected chi connectivity index (χ0v) is 8.15. The van der Waals surface area contributed by atoms with Crippen LogP contribution in [0.2, 0.25) is 5.02 Å². The molecular weight excluding hydrogens is 210 g/mol. The number of halogens is 3. The Morgan fingerprint density at radius 3 is 2.79 bits per heavy atom. The van der Waals surface area contributed by atoms with E-state index < -0.39 is 12.1 Å². The Balaban J connectivity index is 3.31. The molecule has 1 heterocycles. The molecule has 0 N–H and O–H groups in total. The zero-order chi connectivity index (χ0) is 10.7. The molecule has 0 saturated heterocycles. The third-order valence-corrected chi connectivity index (χ3v) is 2.31. The molecule has 0 fully saturated rings. The summed E-state index contributed by atoms with van der Waals surface area (Å²) in [6, 6.07) is 1.79. The molecule has 0 aromatic carbocycles. The van der Waals surface area contributed by atoms with E-state index in [4.69, 9.17) is 16.9 Å². The number of nitriles is 1. The SMILES string of the molecule is Cc1cnc(C(F)F)c(CC#N)c1Cl. The summed E-state index contributed by atoms with van der Waals surface area (Å²) in [6.45, 7) is 1.66. The van der Waals surface area contributed by atoms with E-state index in [1.165, 1.54) is 6.20 Å². The summed E-state index contributed by atoms with van der Waals surface area (Å²) < 4.78 is 24.9. The fraction of sp³-hybridized carbons (Fsp3) is 0.333. The van der Waals surface area contributed by atoms with Crippen LogP contribution in [0.4, 0.5) is 8.78 Å². The molecule has 0 aliphatic carbocycles. The van der Waals surface area contributed by atoms with Crippen molar-refractivity contribution in [3.05, 3.63) is 28.0 Å². The van der Waals surface area contributed by atoms with E-state index in [9.17, 15) is 8.78 Å². The van der Waals surface area contributed by atoms with E-state index in [1.807, 2.05) is 0 Å². The van der Waals surface area contributed by atoms with Gasteiger partial charge < -0.3 is 0 Å². The number of hydrogen-bond acceptors (Lipinski definition) is 2. The Kier molecular flexibility index (Phi) is 3.37. The summed E-state index contributed by atoms with van der Waals surface area (Å²) in [5, 5.41) is 8.67.